The highest BCUT2D eigenvalue weighted by Gasteiger charge is 2.30. The van der Waals surface area contributed by atoms with E-state index in [2.05, 4.69) is 11.6 Å². The molecule has 0 saturated heterocycles. The average molecular weight is 414 g/mol. The van der Waals surface area contributed by atoms with Crippen molar-refractivity contribution in [2.45, 2.75) is 6.18 Å². The van der Waals surface area contributed by atoms with Gasteiger partial charge in [-0.2, -0.15) is 13.2 Å². The molecule has 0 aromatic heterocycles. The largest absolute Gasteiger partial charge is 0.491 e. The van der Waals surface area contributed by atoms with Gasteiger partial charge in [0.15, 0.2) is 0 Å². The zero-order valence-corrected chi connectivity index (χ0v) is 16.1. The Balaban J connectivity index is 1.87. The Morgan fingerprint density at radius 1 is 1.20 bits per heavy atom. The van der Waals surface area contributed by atoms with Gasteiger partial charge in [-0.3, -0.25) is 5.41 Å². The number of nitrogens with one attached hydrogen (secondary N) is 1. The first-order valence-electron chi connectivity index (χ1n) is 9.17. The van der Waals surface area contributed by atoms with E-state index in [0.717, 1.165) is 12.1 Å². The molecule has 5 nitrogen and oxygen atoms in total. The summed E-state index contributed by atoms with van der Waals surface area (Å²) in [6.07, 6.45) is 0.370. The zero-order chi connectivity index (χ0) is 21.7. The van der Waals surface area contributed by atoms with Crippen LogP contribution in [0.15, 0.2) is 72.4 Å². The minimum Gasteiger partial charge on any atom is -0.491 e. The van der Waals surface area contributed by atoms with Crippen molar-refractivity contribution in [2.24, 2.45) is 10.7 Å². The molecule has 0 fully saturated rings. The van der Waals surface area contributed by atoms with Crippen LogP contribution in [0.1, 0.15) is 11.1 Å². The molecule has 0 amide bonds. The lowest BCUT2D eigenvalue weighted by atomic mass is 10.0. The molecule has 1 aliphatic heterocycles. The van der Waals surface area contributed by atoms with E-state index in [1.54, 1.807) is 35.3 Å². The van der Waals surface area contributed by atoms with Crippen LogP contribution in [0, 0.1) is 5.41 Å². The quantitative estimate of drug-likeness (QED) is 0.431. The third-order valence-corrected chi connectivity index (χ3v) is 4.53. The zero-order valence-electron chi connectivity index (χ0n) is 16.1. The SMILES string of the molecule is C=C/C=C\N=C(N)CN1CCOc2ccc(-c3ccc(C(F)(F)F)cc3)cc2C1=N. The van der Waals surface area contributed by atoms with Gasteiger partial charge in [0, 0.05) is 6.20 Å². The number of amidine groups is 2. The minimum absolute atomic E-state index is 0.210. The van der Waals surface area contributed by atoms with Crippen molar-refractivity contribution in [1.29, 1.82) is 5.41 Å². The number of hydrogen-bond donors (Lipinski definition) is 2. The molecule has 1 heterocycles. The molecule has 0 radical (unpaired) electrons. The molecule has 0 atom stereocenters. The molecule has 1 aliphatic rings. The number of ether oxygens (including phenoxy) is 1. The number of hydrogen-bond acceptors (Lipinski definition) is 3. The number of nitrogens with zero attached hydrogens (tertiary/aromatic N) is 2. The number of allylic oxidation sites excluding steroid dienone is 2. The molecule has 2 aromatic carbocycles. The molecule has 0 bridgehead atoms. The van der Waals surface area contributed by atoms with Crippen LogP contribution in [0.4, 0.5) is 13.2 Å². The molecule has 3 rings (SSSR count). The second-order valence-corrected chi connectivity index (χ2v) is 6.60. The van der Waals surface area contributed by atoms with Crippen LogP contribution in [0.3, 0.4) is 0 Å². The summed E-state index contributed by atoms with van der Waals surface area (Å²) in [6.45, 7) is 4.62. The van der Waals surface area contributed by atoms with Crippen molar-refractivity contribution in [1.82, 2.24) is 4.90 Å². The van der Waals surface area contributed by atoms with Crippen LogP contribution in [0.2, 0.25) is 0 Å². The summed E-state index contributed by atoms with van der Waals surface area (Å²) in [5.74, 6) is 1.09. The van der Waals surface area contributed by atoms with Gasteiger partial charge < -0.3 is 15.4 Å². The Hall–Kier alpha value is -3.55. The fraction of sp³-hybridized carbons (Fsp3) is 0.182. The maximum atomic E-state index is 12.8. The number of aliphatic imine (C=N–C) groups is 1. The maximum absolute atomic E-state index is 12.8. The molecular weight excluding hydrogens is 393 g/mol. The van der Waals surface area contributed by atoms with E-state index in [-0.39, 0.29) is 12.4 Å². The smallest absolute Gasteiger partial charge is 0.416 e. The first-order chi connectivity index (χ1) is 14.3. The summed E-state index contributed by atoms with van der Waals surface area (Å²) in [5.41, 5.74) is 7.08. The predicted molar refractivity (Wildman–Crippen MR) is 112 cm³/mol. The predicted octanol–water partition coefficient (Wildman–Crippen LogP) is 4.45. The van der Waals surface area contributed by atoms with E-state index < -0.39 is 11.7 Å². The highest BCUT2D eigenvalue weighted by molar-refractivity contribution is 6.02. The van der Waals surface area contributed by atoms with Crippen molar-refractivity contribution >= 4 is 11.7 Å². The third kappa shape index (κ3) is 4.89. The van der Waals surface area contributed by atoms with Gasteiger partial charge in [-0.05, 0) is 41.5 Å². The highest BCUT2D eigenvalue weighted by atomic mass is 19.4. The van der Waals surface area contributed by atoms with Gasteiger partial charge in [0.1, 0.15) is 24.0 Å². The van der Waals surface area contributed by atoms with Gasteiger partial charge >= 0.3 is 6.18 Å². The molecule has 30 heavy (non-hydrogen) atoms. The van der Waals surface area contributed by atoms with Crippen LogP contribution < -0.4 is 10.5 Å². The number of benzene rings is 2. The molecule has 8 heteroatoms. The molecule has 0 saturated carbocycles. The second kappa shape index (κ2) is 8.86. The Morgan fingerprint density at radius 2 is 1.90 bits per heavy atom. The molecule has 3 N–H and O–H groups in total. The first-order valence-corrected chi connectivity index (χ1v) is 9.17. The van der Waals surface area contributed by atoms with E-state index in [9.17, 15) is 13.2 Å². The summed E-state index contributed by atoms with van der Waals surface area (Å²) in [7, 11) is 0. The fourth-order valence-corrected chi connectivity index (χ4v) is 3.01. The van der Waals surface area contributed by atoms with E-state index in [1.807, 2.05) is 0 Å². The summed E-state index contributed by atoms with van der Waals surface area (Å²) >= 11 is 0. The van der Waals surface area contributed by atoms with Gasteiger partial charge in [0.2, 0.25) is 0 Å². The molecule has 0 unspecified atom stereocenters. The van der Waals surface area contributed by atoms with Crippen LogP contribution in [-0.4, -0.2) is 36.3 Å². The molecule has 156 valence electrons. The standard InChI is InChI=1S/C22H21F3N4O/c1-2-3-10-28-20(26)14-29-11-12-30-19-9-6-16(13-18(19)21(29)27)15-4-7-17(8-5-15)22(23,24)25/h2-10,13,27H,1,11-12,14H2,(H2,26,28)/b10-3-,27-21?. The summed E-state index contributed by atoms with van der Waals surface area (Å²) in [5, 5.41) is 8.60. The van der Waals surface area contributed by atoms with E-state index in [0.29, 0.717) is 41.4 Å². The van der Waals surface area contributed by atoms with Crippen LogP contribution in [0.25, 0.3) is 11.1 Å². The number of halogens is 3. The Kier molecular flexibility index (Phi) is 6.25. The topological polar surface area (TPSA) is 74.7 Å². The number of rotatable bonds is 5. The molecule has 0 aliphatic carbocycles. The van der Waals surface area contributed by atoms with Gasteiger partial charge in [0.05, 0.1) is 24.2 Å². The van der Waals surface area contributed by atoms with Crippen LogP contribution >= 0.6 is 0 Å². The van der Waals surface area contributed by atoms with Gasteiger partial charge in [0.25, 0.3) is 0 Å². The van der Waals surface area contributed by atoms with Gasteiger partial charge in [-0.15, -0.1) is 0 Å². The van der Waals surface area contributed by atoms with E-state index in [1.165, 1.54) is 18.3 Å². The Labute approximate surface area is 172 Å². The Bertz CT molecular complexity index is 994. The van der Waals surface area contributed by atoms with E-state index in [4.69, 9.17) is 15.9 Å². The molecular formula is C22H21F3N4O. The lowest BCUT2D eigenvalue weighted by molar-refractivity contribution is -0.137. The number of fused-ring (bicyclic) bond motifs is 1. The summed E-state index contributed by atoms with van der Waals surface area (Å²) in [6, 6.07) is 10.2. The normalized spacial score (nSPS) is 15.0. The number of alkyl halides is 3. The summed E-state index contributed by atoms with van der Waals surface area (Å²) < 4.78 is 44.2. The number of nitrogens with two attached hydrogens (primary N) is 1. The van der Waals surface area contributed by atoms with Crippen molar-refractivity contribution in [3.05, 3.63) is 78.5 Å². The van der Waals surface area contributed by atoms with Gasteiger partial charge in [-0.25, -0.2) is 4.99 Å². The van der Waals surface area contributed by atoms with Crippen molar-refractivity contribution in [2.75, 3.05) is 19.7 Å². The summed E-state index contributed by atoms with van der Waals surface area (Å²) in [4.78, 5) is 5.83. The van der Waals surface area contributed by atoms with Crippen molar-refractivity contribution < 1.29 is 17.9 Å². The minimum atomic E-state index is -4.38. The maximum Gasteiger partial charge on any atom is 0.416 e. The van der Waals surface area contributed by atoms with Crippen molar-refractivity contribution in [3.63, 3.8) is 0 Å². The monoisotopic (exact) mass is 414 g/mol. The third-order valence-electron chi connectivity index (χ3n) is 4.53. The van der Waals surface area contributed by atoms with Crippen molar-refractivity contribution in [3.8, 4) is 16.9 Å². The average Bonchev–Trinajstić information content (AvgIpc) is 2.86. The second-order valence-electron chi connectivity index (χ2n) is 6.60. The highest BCUT2D eigenvalue weighted by Crippen LogP contribution is 2.33. The molecule has 0 spiro atoms. The van der Waals surface area contributed by atoms with Gasteiger partial charge in [-0.1, -0.05) is 30.9 Å². The molecule has 2 aromatic rings. The fourth-order valence-electron chi connectivity index (χ4n) is 3.01. The van der Waals surface area contributed by atoms with Crippen LogP contribution in [-0.2, 0) is 6.18 Å². The lowest BCUT2D eigenvalue weighted by Crippen LogP contribution is -2.39. The first kappa shape index (κ1) is 21.2. The lowest BCUT2D eigenvalue weighted by Gasteiger charge is -2.22. The Morgan fingerprint density at radius 3 is 2.57 bits per heavy atom. The van der Waals surface area contributed by atoms with E-state index >= 15 is 0 Å². The van der Waals surface area contributed by atoms with Crippen LogP contribution in [0.5, 0.6) is 5.75 Å².